The zero-order valence-electron chi connectivity index (χ0n) is 24.1. The Morgan fingerprint density at radius 3 is 2.64 bits per heavy atom. The molecule has 0 unspecified atom stereocenters. The van der Waals surface area contributed by atoms with Crippen LogP contribution >= 0.6 is 0 Å². The van der Waals surface area contributed by atoms with Gasteiger partial charge in [-0.25, -0.2) is 4.39 Å². The van der Waals surface area contributed by atoms with Gasteiger partial charge in [0.15, 0.2) is 5.76 Å². The Balaban J connectivity index is 1.01. The molecule has 2 saturated heterocycles. The van der Waals surface area contributed by atoms with Gasteiger partial charge in [0.1, 0.15) is 17.6 Å². The monoisotopic (exact) mass is 582 g/mol. The number of halogens is 1. The van der Waals surface area contributed by atoms with E-state index in [-0.39, 0.29) is 23.1 Å². The second-order valence-corrected chi connectivity index (χ2v) is 10.8. The molecule has 0 bridgehead atoms. The largest absolute Gasteiger partial charge is 0.493 e. The van der Waals surface area contributed by atoms with Gasteiger partial charge in [0.2, 0.25) is 17.6 Å². The first-order valence-electron chi connectivity index (χ1n) is 14.8. The summed E-state index contributed by atoms with van der Waals surface area (Å²) >= 11 is 0. The van der Waals surface area contributed by atoms with Crippen LogP contribution in [0.2, 0.25) is 0 Å². The van der Waals surface area contributed by atoms with Gasteiger partial charge >= 0.3 is 0 Å². The van der Waals surface area contributed by atoms with Crippen LogP contribution in [-0.4, -0.2) is 102 Å². The summed E-state index contributed by atoms with van der Waals surface area (Å²) in [6, 6.07) is 7.26. The highest BCUT2D eigenvalue weighted by atomic mass is 19.1. The van der Waals surface area contributed by atoms with Crippen molar-refractivity contribution in [1.82, 2.24) is 30.2 Å². The Morgan fingerprint density at radius 2 is 1.86 bits per heavy atom. The lowest BCUT2D eigenvalue weighted by molar-refractivity contribution is -0.132. The molecule has 0 aliphatic carbocycles. The van der Waals surface area contributed by atoms with Crippen molar-refractivity contribution in [3.8, 4) is 17.1 Å². The predicted octanol–water partition coefficient (Wildman–Crippen LogP) is 3.23. The van der Waals surface area contributed by atoms with Gasteiger partial charge < -0.3 is 33.7 Å². The van der Waals surface area contributed by atoms with Crippen LogP contribution in [0, 0.1) is 5.82 Å². The van der Waals surface area contributed by atoms with E-state index >= 15 is 0 Å². The number of furan rings is 1. The molecule has 4 heterocycles. The number of likely N-dealkylation sites (tertiary alicyclic amines) is 1. The third-order valence-electron chi connectivity index (χ3n) is 7.74. The van der Waals surface area contributed by atoms with Crippen LogP contribution in [0.15, 0.2) is 45.5 Å². The maximum absolute atomic E-state index is 14.8. The first-order chi connectivity index (χ1) is 20.5. The predicted molar refractivity (Wildman–Crippen MR) is 152 cm³/mol. The number of rotatable bonds is 12. The molecule has 0 saturated carbocycles. The van der Waals surface area contributed by atoms with Crippen molar-refractivity contribution in [2.45, 2.75) is 45.1 Å². The third-order valence-corrected chi connectivity index (χ3v) is 7.74. The fraction of sp³-hybridized carbons (Fsp3) is 0.533. The summed E-state index contributed by atoms with van der Waals surface area (Å²) in [6.45, 7) is 8.83. The summed E-state index contributed by atoms with van der Waals surface area (Å²) in [7, 11) is 0. The molecule has 1 N–H and O–H groups in total. The quantitative estimate of drug-likeness (QED) is 0.321. The molecule has 5 rings (SSSR count). The van der Waals surface area contributed by atoms with E-state index in [1.807, 2.05) is 0 Å². The zero-order valence-corrected chi connectivity index (χ0v) is 24.1. The van der Waals surface area contributed by atoms with Gasteiger partial charge in [0.25, 0.3) is 5.91 Å². The molecule has 1 atom stereocenters. The van der Waals surface area contributed by atoms with Crippen LogP contribution in [0.4, 0.5) is 4.39 Å². The highest BCUT2D eigenvalue weighted by Crippen LogP contribution is 2.24. The van der Waals surface area contributed by atoms with E-state index in [2.05, 4.69) is 25.3 Å². The number of hydrogen-bond acceptors (Lipinski definition) is 9. The van der Waals surface area contributed by atoms with Crippen LogP contribution in [0.3, 0.4) is 0 Å². The maximum atomic E-state index is 14.8. The molecule has 2 aliphatic rings. The minimum absolute atomic E-state index is 0.107. The van der Waals surface area contributed by atoms with E-state index < -0.39 is 17.8 Å². The lowest BCUT2D eigenvalue weighted by atomic mass is 10.2. The van der Waals surface area contributed by atoms with Crippen LogP contribution in [0.25, 0.3) is 11.4 Å². The van der Waals surface area contributed by atoms with Crippen molar-refractivity contribution < 1.29 is 27.7 Å². The Hall–Kier alpha value is -3.77. The van der Waals surface area contributed by atoms with Gasteiger partial charge in [-0.2, -0.15) is 4.98 Å². The number of hydrogen-bond donors (Lipinski definition) is 1. The summed E-state index contributed by atoms with van der Waals surface area (Å²) in [6.07, 6.45) is 6.14. The third kappa shape index (κ3) is 7.95. The van der Waals surface area contributed by atoms with E-state index in [1.165, 1.54) is 25.2 Å². The van der Waals surface area contributed by atoms with Crippen molar-refractivity contribution >= 4 is 11.8 Å². The van der Waals surface area contributed by atoms with Crippen molar-refractivity contribution in [3.63, 3.8) is 0 Å². The molecule has 0 radical (unpaired) electrons. The normalized spacial score (nSPS) is 17.2. The Bertz CT molecular complexity index is 1310. The van der Waals surface area contributed by atoms with E-state index in [1.54, 1.807) is 36.1 Å². The topological polar surface area (TPSA) is 117 Å². The molecule has 2 aromatic heterocycles. The highest BCUT2D eigenvalue weighted by molar-refractivity contribution is 5.95. The van der Waals surface area contributed by atoms with E-state index in [0.717, 1.165) is 52.1 Å². The summed E-state index contributed by atoms with van der Waals surface area (Å²) in [5, 5.41) is 6.67. The van der Waals surface area contributed by atoms with Gasteiger partial charge in [-0.05, 0) is 76.5 Å². The Morgan fingerprint density at radius 1 is 1.05 bits per heavy atom. The Labute approximate surface area is 245 Å². The molecular formula is C30H39FN6O5. The second-order valence-electron chi connectivity index (χ2n) is 10.8. The zero-order chi connectivity index (χ0) is 29.3. The van der Waals surface area contributed by atoms with Crippen LogP contribution in [0.5, 0.6) is 5.75 Å². The second kappa shape index (κ2) is 14.4. The van der Waals surface area contributed by atoms with E-state index in [4.69, 9.17) is 13.7 Å². The standard InChI is InChI=1S/C30H39FN6O5/c1-22(32-29(38)26-7-4-19-41-26)30(39)37-15-5-13-36(17-18-37)14-6-20-40-23-8-9-24(25(31)21-23)28-33-27(42-34-28)10-16-35-11-2-3-12-35/h4,7-9,19,21-22H,2-3,5-6,10-18,20H2,1H3,(H,32,38)/t22-/m0/s1. The minimum Gasteiger partial charge on any atom is -0.493 e. The van der Waals surface area contributed by atoms with Crippen molar-refractivity contribution in [1.29, 1.82) is 0 Å². The molecule has 2 aliphatic heterocycles. The number of nitrogens with one attached hydrogen (secondary N) is 1. The molecule has 2 amide bonds. The lowest BCUT2D eigenvalue weighted by Crippen LogP contribution is -2.48. The molecule has 1 aromatic carbocycles. The van der Waals surface area contributed by atoms with Gasteiger partial charge in [0.05, 0.1) is 18.4 Å². The first kappa shape index (κ1) is 29.7. The minimum atomic E-state index is -0.642. The molecule has 2 fully saturated rings. The number of nitrogens with zero attached hydrogens (tertiary/aromatic N) is 5. The Kier molecular flexibility index (Phi) is 10.2. The lowest BCUT2D eigenvalue weighted by Gasteiger charge is -2.25. The van der Waals surface area contributed by atoms with Gasteiger partial charge in [-0.1, -0.05) is 5.16 Å². The number of aromatic nitrogens is 2. The van der Waals surface area contributed by atoms with Gasteiger partial charge in [-0.15, -0.1) is 0 Å². The molecule has 0 spiro atoms. The SMILES string of the molecule is C[C@H](NC(=O)c1ccco1)C(=O)N1CCCN(CCCOc2ccc(-c3noc(CCN4CCCC4)n3)c(F)c2)CC1. The summed E-state index contributed by atoms with van der Waals surface area (Å²) in [5.74, 6) is 0.436. The van der Waals surface area contributed by atoms with Crippen LogP contribution in [0.1, 0.15) is 49.1 Å². The molecule has 11 nitrogen and oxygen atoms in total. The van der Waals surface area contributed by atoms with Gasteiger partial charge in [-0.3, -0.25) is 9.59 Å². The van der Waals surface area contributed by atoms with E-state index in [9.17, 15) is 14.0 Å². The average Bonchev–Trinajstić information content (AvgIpc) is 3.76. The fourth-order valence-corrected chi connectivity index (χ4v) is 5.40. The first-order valence-corrected chi connectivity index (χ1v) is 14.8. The number of carbonyl (C=O) groups excluding carboxylic acids is 2. The summed E-state index contributed by atoms with van der Waals surface area (Å²) < 4.78 is 31.1. The van der Waals surface area contributed by atoms with E-state index in [0.29, 0.717) is 37.8 Å². The summed E-state index contributed by atoms with van der Waals surface area (Å²) in [5.41, 5.74) is 0.289. The van der Waals surface area contributed by atoms with Crippen molar-refractivity contribution in [2.75, 3.05) is 59.0 Å². The number of carbonyl (C=O) groups is 2. The molecule has 12 heteroatoms. The smallest absolute Gasteiger partial charge is 0.287 e. The number of ether oxygens (including phenoxy) is 1. The van der Waals surface area contributed by atoms with Crippen molar-refractivity contribution in [3.05, 3.63) is 54.1 Å². The fourth-order valence-electron chi connectivity index (χ4n) is 5.40. The number of amides is 2. The summed E-state index contributed by atoms with van der Waals surface area (Å²) in [4.78, 5) is 35.9. The molecule has 42 heavy (non-hydrogen) atoms. The molecule has 3 aromatic rings. The number of benzene rings is 1. The molecule has 226 valence electrons. The molecular weight excluding hydrogens is 543 g/mol. The van der Waals surface area contributed by atoms with Gasteiger partial charge in [0, 0.05) is 45.2 Å². The average molecular weight is 583 g/mol. The van der Waals surface area contributed by atoms with Crippen LogP contribution < -0.4 is 10.1 Å². The maximum Gasteiger partial charge on any atom is 0.287 e. The van der Waals surface area contributed by atoms with Crippen molar-refractivity contribution in [2.24, 2.45) is 0 Å². The van der Waals surface area contributed by atoms with Crippen LogP contribution in [-0.2, 0) is 11.2 Å². The highest BCUT2D eigenvalue weighted by Gasteiger charge is 2.25.